The van der Waals surface area contributed by atoms with E-state index in [9.17, 15) is 0 Å². The zero-order chi connectivity index (χ0) is 13.3. The van der Waals surface area contributed by atoms with Crippen molar-refractivity contribution < 1.29 is 4.74 Å². The van der Waals surface area contributed by atoms with Gasteiger partial charge in [-0.2, -0.15) is 0 Å². The fourth-order valence-electron chi connectivity index (χ4n) is 2.20. The Morgan fingerprint density at radius 3 is 2.44 bits per heavy atom. The number of anilines is 2. The summed E-state index contributed by atoms with van der Waals surface area (Å²) in [4.78, 5) is 6.62. The first-order valence-corrected chi connectivity index (χ1v) is 6.71. The van der Waals surface area contributed by atoms with Crippen LogP contribution in [0, 0.1) is 0 Å². The Labute approximate surface area is 117 Å². The van der Waals surface area contributed by atoms with Crippen molar-refractivity contribution in [1.29, 1.82) is 0 Å². The number of pyridine rings is 1. The van der Waals surface area contributed by atoms with Gasteiger partial charge in [-0.15, -0.1) is 0 Å². The van der Waals surface area contributed by atoms with Crippen molar-refractivity contribution >= 4 is 34.8 Å². The van der Waals surface area contributed by atoms with Gasteiger partial charge in [0.15, 0.2) is 0 Å². The second kappa shape index (κ2) is 5.51. The van der Waals surface area contributed by atoms with Crippen LogP contribution in [0.1, 0.15) is 13.8 Å². The monoisotopic (exact) mass is 289 g/mol. The number of aromatic nitrogens is 1. The summed E-state index contributed by atoms with van der Waals surface area (Å²) in [6.45, 7) is 5.65. The average molecular weight is 290 g/mol. The molecule has 0 amide bonds. The molecule has 4 nitrogen and oxygen atoms in total. The molecule has 1 aromatic heterocycles. The highest BCUT2D eigenvalue weighted by molar-refractivity contribution is 6.37. The molecule has 2 unspecified atom stereocenters. The van der Waals surface area contributed by atoms with Gasteiger partial charge in [0, 0.05) is 20.1 Å². The van der Waals surface area contributed by atoms with Crippen LogP contribution in [-0.4, -0.2) is 37.3 Å². The van der Waals surface area contributed by atoms with Crippen LogP contribution in [0.2, 0.25) is 10.0 Å². The summed E-state index contributed by atoms with van der Waals surface area (Å²) in [6.07, 6.45) is 0.334. The Hall–Kier alpha value is -0.710. The SMILES string of the molecule is CNc1nc(N2CC(C)OC(C)C2)c(Cl)cc1Cl. The molecule has 1 aromatic rings. The predicted octanol–water partition coefficient (Wildman–Crippen LogP) is 3.04. The molecule has 2 rings (SSSR count). The Balaban J connectivity index is 2.32. The summed E-state index contributed by atoms with van der Waals surface area (Å²) in [5.74, 6) is 1.40. The summed E-state index contributed by atoms with van der Waals surface area (Å²) < 4.78 is 5.70. The van der Waals surface area contributed by atoms with Crippen LogP contribution in [0.5, 0.6) is 0 Å². The van der Waals surface area contributed by atoms with E-state index >= 15 is 0 Å². The maximum absolute atomic E-state index is 6.23. The van der Waals surface area contributed by atoms with Gasteiger partial charge >= 0.3 is 0 Å². The molecule has 0 spiro atoms. The first-order valence-electron chi connectivity index (χ1n) is 5.95. The highest BCUT2D eigenvalue weighted by atomic mass is 35.5. The molecule has 100 valence electrons. The first-order chi connectivity index (χ1) is 8.51. The molecule has 2 atom stereocenters. The maximum Gasteiger partial charge on any atom is 0.150 e. The van der Waals surface area contributed by atoms with Gasteiger partial charge in [-0.3, -0.25) is 0 Å². The lowest BCUT2D eigenvalue weighted by Gasteiger charge is -2.36. The van der Waals surface area contributed by atoms with Gasteiger partial charge in [0.25, 0.3) is 0 Å². The highest BCUT2D eigenvalue weighted by Gasteiger charge is 2.25. The normalized spacial score (nSPS) is 24.2. The molecule has 1 fully saturated rings. The summed E-state index contributed by atoms with van der Waals surface area (Å²) in [7, 11) is 1.79. The van der Waals surface area contributed by atoms with E-state index < -0.39 is 0 Å². The van der Waals surface area contributed by atoms with E-state index in [4.69, 9.17) is 27.9 Å². The van der Waals surface area contributed by atoms with Gasteiger partial charge in [0.05, 0.1) is 22.3 Å². The molecule has 0 bridgehead atoms. The average Bonchev–Trinajstić information content (AvgIpc) is 2.27. The smallest absolute Gasteiger partial charge is 0.150 e. The number of halogens is 2. The quantitative estimate of drug-likeness (QED) is 0.908. The van der Waals surface area contributed by atoms with Crippen molar-refractivity contribution in [2.75, 3.05) is 30.4 Å². The van der Waals surface area contributed by atoms with Crippen molar-refractivity contribution in [3.05, 3.63) is 16.1 Å². The molecule has 18 heavy (non-hydrogen) atoms. The lowest BCUT2D eigenvalue weighted by molar-refractivity contribution is -0.00544. The minimum absolute atomic E-state index is 0.167. The van der Waals surface area contributed by atoms with Crippen LogP contribution in [0.3, 0.4) is 0 Å². The molecule has 6 heteroatoms. The van der Waals surface area contributed by atoms with E-state index in [0.717, 1.165) is 18.9 Å². The number of morpholine rings is 1. The fraction of sp³-hybridized carbons (Fsp3) is 0.583. The summed E-state index contributed by atoms with van der Waals surface area (Å²) in [6, 6.07) is 1.72. The number of hydrogen-bond acceptors (Lipinski definition) is 4. The lowest BCUT2D eigenvalue weighted by atomic mass is 10.2. The van der Waals surface area contributed by atoms with E-state index in [1.165, 1.54) is 0 Å². The zero-order valence-electron chi connectivity index (χ0n) is 10.7. The van der Waals surface area contributed by atoms with Gasteiger partial charge in [0.1, 0.15) is 11.6 Å². The van der Waals surface area contributed by atoms with E-state index in [0.29, 0.717) is 15.9 Å². The molecule has 1 N–H and O–H groups in total. The third-order valence-corrected chi connectivity index (χ3v) is 3.43. The van der Waals surface area contributed by atoms with Crippen LogP contribution in [0.4, 0.5) is 11.6 Å². The topological polar surface area (TPSA) is 37.4 Å². The van der Waals surface area contributed by atoms with Gasteiger partial charge < -0.3 is 15.0 Å². The van der Waals surface area contributed by atoms with Crippen molar-refractivity contribution in [2.45, 2.75) is 26.1 Å². The number of hydrogen-bond donors (Lipinski definition) is 1. The molecular formula is C12H17Cl2N3O. The van der Waals surface area contributed by atoms with Gasteiger partial charge in [-0.1, -0.05) is 23.2 Å². The fourth-order valence-corrected chi connectivity index (χ4v) is 2.78. The Morgan fingerprint density at radius 1 is 1.28 bits per heavy atom. The van der Waals surface area contributed by atoms with Crippen LogP contribution in [-0.2, 0) is 4.74 Å². The third kappa shape index (κ3) is 2.82. The molecule has 0 radical (unpaired) electrons. The Bertz CT molecular complexity index is 432. The van der Waals surface area contributed by atoms with Gasteiger partial charge in [-0.25, -0.2) is 4.98 Å². The summed E-state index contributed by atoms with van der Waals surface area (Å²) in [5.41, 5.74) is 0. The number of nitrogens with one attached hydrogen (secondary N) is 1. The lowest BCUT2D eigenvalue weighted by Crippen LogP contribution is -2.46. The van der Waals surface area contributed by atoms with Crippen LogP contribution < -0.4 is 10.2 Å². The summed E-state index contributed by atoms with van der Waals surface area (Å²) >= 11 is 12.3. The molecule has 1 saturated heterocycles. The summed E-state index contributed by atoms with van der Waals surface area (Å²) in [5, 5.41) is 4.06. The molecule has 0 saturated carbocycles. The molecule has 1 aliphatic rings. The number of ether oxygens (including phenoxy) is 1. The van der Waals surface area contributed by atoms with E-state index in [1.807, 2.05) is 13.8 Å². The second-order valence-electron chi connectivity index (χ2n) is 4.54. The largest absolute Gasteiger partial charge is 0.372 e. The van der Waals surface area contributed by atoms with Gasteiger partial charge in [-0.05, 0) is 19.9 Å². The van der Waals surface area contributed by atoms with Gasteiger partial charge in [0.2, 0.25) is 0 Å². The zero-order valence-corrected chi connectivity index (χ0v) is 12.2. The highest BCUT2D eigenvalue weighted by Crippen LogP contribution is 2.32. The van der Waals surface area contributed by atoms with Crippen molar-refractivity contribution in [1.82, 2.24) is 4.98 Å². The molecule has 0 aromatic carbocycles. The van der Waals surface area contributed by atoms with E-state index in [1.54, 1.807) is 13.1 Å². The van der Waals surface area contributed by atoms with Crippen molar-refractivity contribution in [2.24, 2.45) is 0 Å². The van der Waals surface area contributed by atoms with Crippen LogP contribution >= 0.6 is 23.2 Å². The van der Waals surface area contributed by atoms with Crippen LogP contribution in [0.25, 0.3) is 0 Å². The maximum atomic E-state index is 6.23. The Kier molecular flexibility index (Phi) is 4.20. The number of nitrogens with zero attached hydrogens (tertiary/aromatic N) is 2. The second-order valence-corrected chi connectivity index (χ2v) is 5.35. The minimum atomic E-state index is 0.167. The van der Waals surface area contributed by atoms with E-state index in [2.05, 4.69) is 15.2 Å². The molecule has 2 heterocycles. The molecule has 1 aliphatic heterocycles. The predicted molar refractivity (Wildman–Crippen MR) is 76.0 cm³/mol. The Morgan fingerprint density at radius 2 is 1.89 bits per heavy atom. The number of rotatable bonds is 2. The van der Waals surface area contributed by atoms with Crippen molar-refractivity contribution in [3.8, 4) is 0 Å². The standard InChI is InChI=1S/C12H17Cl2N3O/c1-7-5-17(6-8(2)18-7)12-10(14)4-9(13)11(15-3)16-12/h4,7-8H,5-6H2,1-3H3,(H,15,16). The third-order valence-electron chi connectivity index (χ3n) is 2.87. The first kappa shape index (κ1) is 13.7. The van der Waals surface area contributed by atoms with E-state index in [-0.39, 0.29) is 12.2 Å². The van der Waals surface area contributed by atoms with Crippen molar-refractivity contribution in [3.63, 3.8) is 0 Å². The molecular weight excluding hydrogens is 273 g/mol. The van der Waals surface area contributed by atoms with Crippen LogP contribution in [0.15, 0.2) is 6.07 Å². The minimum Gasteiger partial charge on any atom is -0.372 e. The molecule has 0 aliphatic carbocycles.